The van der Waals surface area contributed by atoms with Crippen molar-refractivity contribution in [3.63, 3.8) is 0 Å². The minimum Gasteiger partial charge on any atom is -0.497 e. The highest BCUT2D eigenvalue weighted by molar-refractivity contribution is 7.09. The molecule has 6 heteroatoms. The van der Waals surface area contributed by atoms with Crippen molar-refractivity contribution in [2.45, 2.75) is 6.42 Å². The van der Waals surface area contributed by atoms with Gasteiger partial charge >= 0.3 is 0 Å². The van der Waals surface area contributed by atoms with E-state index in [-0.39, 0.29) is 0 Å². The number of hydrogen-bond acceptors (Lipinski definition) is 6. The second-order valence-corrected chi connectivity index (χ2v) is 7.57. The first-order valence-electron chi connectivity index (χ1n) is 9.55. The Morgan fingerprint density at radius 3 is 2.57 bits per heavy atom. The Hall–Kier alpha value is -3.69. The van der Waals surface area contributed by atoms with Gasteiger partial charge in [0.25, 0.3) is 0 Å². The Morgan fingerprint density at radius 1 is 1.03 bits per heavy atom. The van der Waals surface area contributed by atoms with Crippen LogP contribution >= 0.6 is 11.3 Å². The van der Waals surface area contributed by atoms with Gasteiger partial charge in [0.05, 0.1) is 23.4 Å². The number of rotatable bonds is 7. The van der Waals surface area contributed by atoms with E-state index < -0.39 is 0 Å². The average molecular weight is 413 g/mol. The maximum Gasteiger partial charge on any atom is 0.143 e. The normalized spacial score (nSPS) is 10.4. The fourth-order valence-electron chi connectivity index (χ4n) is 3.09. The van der Waals surface area contributed by atoms with Crippen LogP contribution in [0.2, 0.25) is 0 Å². The van der Waals surface area contributed by atoms with Gasteiger partial charge in [0.1, 0.15) is 17.6 Å². The number of nitrogens with zero attached hydrogens (tertiary/aromatic N) is 3. The number of ether oxygens (including phenoxy) is 1. The van der Waals surface area contributed by atoms with Gasteiger partial charge in [-0.05, 0) is 35.9 Å². The molecule has 4 rings (SSSR count). The lowest BCUT2D eigenvalue weighted by atomic mass is 10.1. The second-order valence-electron chi connectivity index (χ2n) is 6.63. The Morgan fingerprint density at radius 2 is 1.83 bits per heavy atom. The van der Waals surface area contributed by atoms with Crippen molar-refractivity contribution in [2.75, 3.05) is 19.0 Å². The van der Waals surface area contributed by atoms with E-state index in [1.165, 1.54) is 0 Å². The Balaban J connectivity index is 1.39. The van der Waals surface area contributed by atoms with Crippen molar-refractivity contribution in [3.8, 4) is 34.2 Å². The molecule has 2 heterocycles. The lowest BCUT2D eigenvalue weighted by Crippen LogP contribution is -2.08. The fourth-order valence-corrected chi connectivity index (χ4v) is 3.89. The number of nitriles is 1. The van der Waals surface area contributed by atoms with Crippen molar-refractivity contribution in [2.24, 2.45) is 0 Å². The van der Waals surface area contributed by atoms with E-state index in [4.69, 9.17) is 9.72 Å². The van der Waals surface area contributed by atoms with Crippen LogP contribution in [0.25, 0.3) is 22.4 Å². The third-order valence-corrected chi connectivity index (χ3v) is 5.59. The topological polar surface area (TPSA) is 70.8 Å². The smallest absolute Gasteiger partial charge is 0.143 e. The van der Waals surface area contributed by atoms with Crippen molar-refractivity contribution in [1.82, 2.24) is 9.97 Å². The molecule has 0 atom stereocenters. The van der Waals surface area contributed by atoms with Crippen LogP contribution in [0.15, 0.2) is 72.2 Å². The molecule has 0 spiro atoms. The highest BCUT2D eigenvalue weighted by Gasteiger charge is 2.08. The Labute approximate surface area is 179 Å². The molecule has 0 saturated carbocycles. The van der Waals surface area contributed by atoms with Crippen LogP contribution in [-0.2, 0) is 6.42 Å². The van der Waals surface area contributed by atoms with E-state index in [1.54, 1.807) is 24.6 Å². The first kappa shape index (κ1) is 19.6. The number of pyridine rings is 1. The third-order valence-electron chi connectivity index (χ3n) is 4.68. The maximum absolute atomic E-state index is 9.52. The van der Waals surface area contributed by atoms with Crippen molar-refractivity contribution in [3.05, 3.63) is 82.8 Å². The Kier molecular flexibility index (Phi) is 6.02. The highest BCUT2D eigenvalue weighted by Crippen LogP contribution is 2.25. The molecule has 148 valence electrons. The summed E-state index contributed by atoms with van der Waals surface area (Å²) in [5.74, 6) is 1.43. The molecule has 30 heavy (non-hydrogen) atoms. The van der Waals surface area contributed by atoms with Gasteiger partial charge in [-0.3, -0.25) is 0 Å². The number of thiazole rings is 1. The zero-order valence-electron chi connectivity index (χ0n) is 16.5. The molecule has 1 N–H and O–H groups in total. The summed E-state index contributed by atoms with van der Waals surface area (Å²) in [6.07, 6.45) is 2.55. The van der Waals surface area contributed by atoms with Crippen molar-refractivity contribution in [1.29, 1.82) is 5.26 Å². The number of methoxy groups -OCH3 is 1. The molecule has 4 aromatic rings. The van der Waals surface area contributed by atoms with Gasteiger partial charge in [-0.1, -0.05) is 30.3 Å². The summed E-state index contributed by atoms with van der Waals surface area (Å²) in [6.45, 7) is 0.655. The van der Waals surface area contributed by atoms with Crippen LogP contribution in [0.1, 0.15) is 10.6 Å². The summed E-state index contributed by atoms with van der Waals surface area (Å²) in [6, 6.07) is 21.9. The summed E-state index contributed by atoms with van der Waals surface area (Å²) < 4.78 is 5.20. The van der Waals surface area contributed by atoms with Gasteiger partial charge in [-0.25, -0.2) is 9.97 Å². The van der Waals surface area contributed by atoms with Crippen LogP contribution in [0.3, 0.4) is 0 Å². The molecular formula is C24H20N4OS. The molecule has 0 saturated heterocycles. The van der Waals surface area contributed by atoms with Crippen molar-refractivity contribution >= 4 is 17.2 Å². The molecule has 0 aliphatic heterocycles. The largest absolute Gasteiger partial charge is 0.497 e. The summed E-state index contributed by atoms with van der Waals surface area (Å²) in [5, 5.41) is 15.9. The van der Waals surface area contributed by atoms with Gasteiger partial charge < -0.3 is 10.1 Å². The first-order chi connectivity index (χ1) is 14.8. The zero-order chi connectivity index (χ0) is 20.8. The molecule has 0 amide bonds. The van der Waals surface area contributed by atoms with Crippen LogP contribution in [0.5, 0.6) is 5.75 Å². The lowest BCUT2D eigenvalue weighted by molar-refractivity contribution is 0.415. The molecule has 0 bridgehead atoms. The number of hydrogen-bond donors (Lipinski definition) is 1. The number of nitrogens with one attached hydrogen (secondary N) is 1. The molecule has 0 fully saturated rings. The summed E-state index contributed by atoms with van der Waals surface area (Å²) in [4.78, 5) is 9.18. The predicted molar refractivity (Wildman–Crippen MR) is 121 cm³/mol. The van der Waals surface area contributed by atoms with Crippen LogP contribution in [0, 0.1) is 11.3 Å². The van der Waals surface area contributed by atoms with E-state index in [2.05, 4.69) is 21.8 Å². The van der Waals surface area contributed by atoms with E-state index >= 15 is 0 Å². The van der Waals surface area contributed by atoms with Gasteiger partial charge in [-0.2, -0.15) is 5.26 Å². The first-order valence-corrected chi connectivity index (χ1v) is 10.4. The second kappa shape index (κ2) is 9.21. The summed E-state index contributed by atoms with van der Waals surface area (Å²) >= 11 is 1.63. The molecule has 5 nitrogen and oxygen atoms in total. The monoisotopic (exact) mass is 412 g/mol. The Bertz CT molecular complexity index is 1160. The third kappa shape index (κ3) is 4.48. The molecule has 0 aliphatic rings. The van der Waals surface area contributed by atoms with E-state index in [0.29, 0.717) is 17.9 Å². The molecule has 0 unspecified atom stereocenters. The van der Waals surface area contributed by atoms with Gasteiger partial charge in [0.2, 0.25) is 0 Å². The van der Waals surface area contributed by atoms with Gasteiger partial charge in [0, 0.05) is 35.7 Å². The van der Waals surface area contributed by atoms with Crippen LogP contribution in [-0.4, -0.2) is 23.6 Å². The minimum atomic E-state index is 0.536. The predicted octanol–water partition coefficient (Wildman–Crippen LogP) is 5.41. The van der Waals surface area contributed by atoms with Crippen molar-refractivity contribution < 1.29 is 4.74 Å². The van der Waals surface area contributed by atoms with Crippen LogP contribution in [0.4, 0.5) is 5.82 Å². The maximum atomic E-state index is 9.52. The summed E-state index contributed by atoms with van der Waals surface area (Å²) in [7, 11) is 1.66. The highest BCUT2D eigenvalue weighted by atomic mass is 32.1. The minimum absolute atomic E-state index is 0.536. The molecule has 2 aromatic heterocycles. The quantitative estimate of drug-likeness (QED) is 0.440. The van der Waals surface area contributed by atoms with E-state index in [0.717, 1.165) is 39.6 Å². The fraction of sp³-hybridized carbons (Fsp3) is 0.125. The van der Waals surface area contributed by atoms with Crippen LogP contribution < -0.4 is 10.1 Å². The molecule has 0 aliphatic carbocycles. The summed E-state index contributed by atoms with van der Waals surface area (Å²) in [5.41, 5.74) is 4.54. The zero-order valence-corrected chi connectivity index (χ0v) is 17.3. The lowest BCUT2D eigenvalue weighted by Gasteiger charge is -2.08. The van der Waals surface area contributed by atoms with Gasteiger partial charge in [-0.15, -0.1) is 11.3 Å². The number of aromatic nitrogens is 2. The number of benzene rings is 2. The molecule has 2 aromatic carbocycles. The molecule has 0 radical (unpaired) electrons. The van der Waals surface area contributed by atoms with E-state index in [1.807, 2.05) is 60.7 Å². The van der Waals surface area contributed by atoms with E-state index in [9.17, 15) is 5.26 Å². The van der Waals surface area contributed by atoms with Gasteiger partial charge in [0.15, 0.2) is 0 Å². The average Bonchev–Trinajstić information content (AvgIpc) is 3.29. The number of anilines is 1. The molecular weight excluding hydrogens is 392 g/mol. The SMILES string of the molecule is COc1ccc(-c2csc(CCNc3ncc(-c4ccccc4)cc3C#N)n2)cc1. The standard InChI is InChI=1S/C24H20N4OS/c1-29-21-9-7-18(8-10-21)22-16-30-23(28-22)11-12-26-24-19(14-25)13-20(15-27-24)17-5-3-2-4-6-17/h2-10,13,15-16H,11-12H2,1H3,(H,26,27).